The predicted octanol–water partition coefficient (Wildman–Crippen LogP) is 4.88. The van der Waals surface area contributed by atoms with Gasteiger partial charge >= 0.3 is 0 Å². The van der Waals surface area contributed by atoms with Crippen LogP contribution in [0.15, 0.2) is 65.7 Å². The maximum absolute atomic E-state index is 12.5. The second kappa shape index (κ2) is 6.06. The van der Waals surface area contributed by atoms with Crippen LogP contribution in [0.2, 0.25) is 0 Å². The number of hydrogen-bond acceptors (Lipinski definition) is 3. The lowest BCUT2D eigenvalue weighted by atomic mass is 9.98. The van der Waals surface area contributed by atoms with E-state index in [4.69, 9.17) is 0 Å². The molecule has 4 aromatic rings. The number of rotatable bonds is 3. The van der Waals surface area contributed by atoms with Gasteiger partial charge in [0.1, 0.15) is 4.83 Å². The molecule has 2 heterocycles. The number of hydrogen-bond donors (Lipinski definition) is 1. The fraction of sp³-hybridized carbons (Fsp3) is 0.100. The van der Waals surface area contributed by atoms with Crippen molar-refractivity contribution in [3.8, 4) is 21.6 Å². The quantitative estimate of drug-likeness (QED) is 0.581. The van der Waals surface area contributed by atoms with Crippen molar-refractivity contribution in [3.05, 3.63) is 76.8 Å². The van der Waals surface area contributed by atoms with Gasteiger partial charge in [0.15, 0.2) is 0 Å². The van der Waals surface area contributed by atoms with Crippen molar-refractivity contribution in [1.82, 2.24) is 9.97 Å². The molecule has 1 N–H and O–H groups in total. The summed E-state index contributed by atoms with van der Waals surface area (Å²) in [5.41, 5.74) is 4.32. The number of aromatic amines is 1. The first-order valence-corrected chi connectivity index (χ1v) is 8.74. The van der Waals surface area contributed by atoms with Crippen molar-refractivity contribution in [2.24, 2.45) is 0 Å². The van der Waals surface area contributed by atoms with Gasteiger partial charge in [0, 0.05) is 10.4 Å². The van der Waals surface area contributed by atoms with E-state index in [2.05, 4.69) is 53.3 Å². The molecule has 0 unspecified atom stereocenters. The topological polar surface area (TPSA) is 45.8 Å². The molecule has 4 rings (SSSR count). The second-order valence-electron chi connectivity index (χ2n) is 5.63. The second-order valence-corrected chi connectivity index (χ2v) is 6.63. The summed E-state index contributed by atoms with van der Waals surface area (Å²) in [7, 11) is 0. The molecule has 0 saturated heterocycles. The average molecular weight is 332 g/mol. The van der Waals surface area contributed by atoms with Crippen LogP contribution in [-0.2, 0) is 6.42 Å². The van der Waals surface area contributed by atoms with E-state index in [0.717, 1.165) is 32.8 Å². The Kier molecular flexibility index (Phi) is 3.75. The number of thiophene rings is 1. The largest absolute Gasteiger partial charge is 0.313 e. The molecule has 4 heteroatoms. The third kappa shape index (κ3) is 2.45. The Balaban J connectivity index is 2.05. The highest BCUT2D eigenvalue weighted by atomic mass is 32.1. The van der Waals surface area contributed by atoms with Gasteiger partial charge in [-0.2, -0.15) is 0 Å². The highest BCUT2D eigenvalue weighted by molar-refractivity contribution is 7.22. The van der Waals surface area contributed by atoms with Gasteiger partial charge in [0.25, 0.3) is 5.56 Å². The molecule has 0 spiro atoms. The molecule has 118 valence electrons. The molecule has 0 bridgehead atoms. The molecule has 0 aliphatic heterocycles. The molecular weight excluding hydrogens is 316 g/mol. The third-order valence-electron chi connectivity index (χ3n) is 4.18. The Morgan fingerprint density at radius 2 is 1.75 bits per heavy atom. The first-order chi connectivity index (χ1) is 11.8. The Labute approximate surface area is 143 Å². The highest BCUT2D eigenvalue weighted by Gasteiger charge is 2.18. The van der Waals surface area contributed by atoms with E-state index < -0.39 is 0 Å². The zero-order chi connectivity index (χ0) is 16.5. The minimum Gasteiger partial charge on any atom is -0.313 e. The number of fused-ring (bicyclic) bond motifs is 1. The minimum absolute atomic E-state index is 0.0898. The summed E-state index contributed by atoms with van der Waals surface area (Å²) in [6, 6.07) is 18.6. The van der Waals surface area contributed by atoms with Crippen LogP contribution in [0.5, 0.6) is 0 Å². The fourth-order valence-corrected chi connectivity index (χ4v) is 4.09. The molecule has 24 heavy (non-hydrogen) atoms. The van der Waals surface area contributed by atoms with E-state index >= 15 is 0 Å². The SMILES string of the molecule is CCc1ccc(-c2c(-c3ccccc3)sc3nc[nH]c(=O)c23)cc1. The lowest BCUT2D eigenvalue weighted by Gasteiger charge is -2.06. The normalized spacial score (nSPS) is 11.0. The van der Waals surface area contributed by atoms with Crippen LogP contribution in [0, 0.1) is 0 Å². The summed E-state index contributed by atoms with van der Waals surface area (Å²) < 4.78 is 0. The summed E-state index contributed by atoms with van der Waals surface area (Å²) in [6.45, 7) is 2.14. The van der Waals surface area contributed by atoms with E-state index in [1.807, 2.05) is 18.2 Å². The van der Waals surface area contributed by atoms with Crippen LogP contribution in [0.25, 0.3) is 31.8 Å². The number of benzene rings is 2. The predicted molar refractivity (Wildman–Crippen MR) is 100 cm³/mol. The van der Waals surface area contributed by atoms with Crippen molar-refractivity contribution in [3.63, 3.8) is 0 Å². The van der Waals surface area contributed by atoms with Crippen molar-refractivity contribution < 1.29 is 0 Å². The van der Waals surface area contributed by atoms with Crippen molar-refractivity contribution in [1.29, 1.82) is 0 Å². The third-order valence-corrected chi connectivity index (χ3v) is 5.33. The van der Waals surface area contributed by atoms with Gasteiger partial charge in [-0.05, 0) is 23.1 Å². The zero-order valence-electron chi connectivity index (χ0n) is 13.2. The minimum atomic E-state index is -0.0898. The van der Waals surface area contributed by atoms with Gasteiger partial charge in [0.2, 0.25) is 0 Å². The maximum atomic E-state index is 12.5. The average Bonchev–Trinajstić information content (AvgIpc) is 3.03. The molecule has 0 saturated carbocycles. The van der Waals surface area contributed by atoms with E-state index in [1.54, 1.807) is 11.3 Å². The van der Waals surface area contributed by atoms with Crippen LogP contribution in [0.4, 0.5) is 0 Å². The first-order valence-electron chi connectivity index (χ1n) is 7.93. The maximum Gasteiger partial charge on any atom is 0.260 e. The van der Waals surface area contributed by atoms with Crippen LogP contribution in [0.1, 0.15) is 12.5 Å². The van der Waals surface area contributed by atoms with Crippen LogP contribution >= 0.6 is 11.3 Å². The number of aryl methyl sites for hydroxylation is 1. The highest BCUT2D eigenvalue weighted by Crippen LogP contribution is 2.42. The fourth-order valence-electron chi connectivity index (χ4n) is 2.92. The van der Waals surface area contributed by atoms with Crippen LogP contribution in [-0.4, -0.2) is 9.97 Å². The Hall–Kier alpha value is -2.72. The molecular formula is C20H16N2OS. The van der Waals surface area contributed by atoms with E-state index in [-0.39, 0.29) is 5.56 Å². The van der Waals surface area contributed by atoms with Gasteiger partial charge in [-0.25, -0.2) is 4.98 Å². The van der Waals surface area contributed by atoms with Crippen molar-refractivity contribution in [2.45, 2.75) is 13.3 Å². The standard InChI is InChI=1S/C20H16N2OS/c1-2-13-8-10-14(11-9-13)16-17-19(23)21-12-22-20(17)24-18(16)15-6-4-3-5-7-15/h3-12H,2H2,1H3,(H,21,22,23). The van der Waals surface area contributed by atoms with Gasteiger partial charge in [-0.1, -0.05) is 61.5 Å². The first kappa shape index (κ1) is 14.8. The Morgan fingerprint density at radius 1 is 1.00 bits per heavy atom. The summed E-state index contributed by atoms with van der Waals surface area (Å²) >= 11 is 1.56. The molecule has 2 aromatic carbocycles. The molecule has 3 nitrogen and oxygen atoms in total. The van der Waals surface area contributed by atoms with Gasteiger partial charge < -0.3 is 4.98 Å². The molecule has 0 aliphatic carbocycles. The molecule has 0 amide bonds. The summed E-state index contributed by atoms with van der Waals surface area (Å²) in [5, 5.41) is 0.672. The smallest absolute Gasteiger partial charge is 0.260 e. The number of nitrogens with zero attached hydrogens (tertiary/aromatic N) is 1. The Bertz CT molecular complexity index is 1050. The summed E-state index contributed by atoms with van der Waals surface area (Å²) in [6.07, 6.45) is 2.47. The lowest BCUT2D eigenvalue weighted by molar-refractivity contribution is 1.14. The van der Waals surface area contributed by atoms with Crippen molar-refractivity contribution >= 4 is 21.6 Å². The molecule has 0 radical (unpaired) electrons. The molecule has 2 aromatic heterocycles. The van der Waals surface area contributed by atoms with Crippen LogP contribution < -0.4 is 5.56 Å². The van der Waals surface area contributed by atoms with Crippen molar-refractivity contribution in [2.75, 3.05) is 0 Å². The number of H-pyrrole nitrogens is 1. The molecule has 0 fully saturated rings. The van der Waals surface area contributed by atoms with Gasteiger partial charge in [-0.15, -0.1) is 11.3 Å². The van der Waals surface area contributed by atoms with Crippen LogP contribution in [0.3, 0.4) is 0 Å². The van der Waals surface area contributed by atoms with E-state index in [0.29, 0.717) is 5.39 Å². The molecule has 0 aliphatic rings. The van der Waals surface area contributed by atoms with Gasteiger partial charge in [-0.3, -0.25) is 4.79 Å². The number of nitrogens with one attached hydrogen (secondary N) is 1. The molecule has 0 atom stereocenters. The lowest BCUT2D eigenvalue weighted by Crippen LogP contribution is -2.05. The van der Waals surface area contributed by atoms with E-state index in [9.17, 15) is 4.79 Å². The monoisotopic (exact) mass is 332 g/mol. The Morgan fingerprint density at radius 3 is 2.46 bits per heavy atom. The van der Waals surface area contributed by atoms with Gasteiger partial charge in [0.05, 0.1) is 11.7 Å². The zero-order valence-corrected chi connectivity index (χ0v) is 14.1. The summed E-state index contributed by atoms with van der Waals surface area (Å²) in [5.74, 6) is 0. The summed E-state index contributed by atoms with van der Waals surface area (Å²) in [4.78, 5) is 21.4. The number of aromatic nitrogens is 2. The van der Waals surface area contributed by atoms with E-state index in [1.165, 1.54) is 11.9 Å².